The Morgan fingerprint density at radius 1 is 1.00 bits per heavy atom. The van der Waals surface area contributed by atoms with Crippen LogP contribution in [0.4, 0.5) is 0 Å². The van der Waals surface area contributed by atoms with Crippen molar-refractivity contribution in [2.45, 2.75) is 0 Å². The summed E-state index contributed by atoms with van der Waals surface area (Å²) in [5.74, 6) is -4.37. The van der Waals surface area contributed by atoms with Gasteiger partial charge in [-0.15, -0.1) is 0 Å². The number of hydrogen-bond donors (Lipinski definition) is 1. The van der Waals surface area contributed by atoms with Crippen molar-refractivity contribution in [1.29, 1.82) is 0 Å². The summed E-state index contributed by atoms with van der Waals surface area (Å²) in [6.45, 7) is 0. The molecule has 1 radical (unpaired) electrons. The van der Waals surface area contributed by atoms with E-state index in [0.29, 0.717) is 0 Å². The molecule has 0 unspecified atom stereocenters. The molecule has 0 aromatic rings. The molecule has 0 aromatic carbocycles. The minimum atomic E-state index is -2.19. The molecule has 0 aromatic heterocycles. The molecule has 45 valence electrons. The summed E-state index contributed by atoms with van der Waals surface area (Å²) in [6.07, 6.45) is 0. The number of rotatable bonds is 0. The Morgan fingerprint density at radius 2 is 1.12 bits per heavy atom. The van der Waals surface area contributed by atoms with Crippen LogP contribution >= 0.6 is 0 Å². The molecule has 0 amide bonds. The van der Waals surface area contributed by atoms with Crippen molar-refractivity contribution in [3.8, 4) is 0 Å². The first-order chi connectivity index (χ1) is 2.64. The van der Waals surface area contributed by atoms with Crippen LogP contribution in [0.15, 0.2) is 0 Å². The zero-order valence-electron chi connectivity index (χ0n) is 4.08. The average molecular weight is 287 g/mol. The van der Waals surface area contributed by atoms with Gasteiger partial charge in [0, 0.05) is 0 Å². The third-order valence-corrected chi connectivity index (χ3v) is 0.167. The summed E-state index contributed by atoms with van der Waals surface area (Å²) >= 11 is 0. The van der Waals surface area contributed by atoms with Gasteiger partial charge >= 0.3 is 22.4 Å². The van der Waals surface area contributed by atoms with E-state index < -0.39 is 11.9 Å². The van der Waals surface area contributed by atoms with Crippen LogP contribution in [-0.2, 0) is 32.0 Å². The van der Waals surface area contributed by atoms with E-state index in [2.05, 4.69) is 0 Å². The van der Waals surface area contributed by atoms with Crippen LogP contribution in [0.2, 0.25) is 0 Å². The number of hydrogen-bond acceptors (Lipinski definition) is 4. The first-order valence-electron chi connectivity index (χ1n) is 1.07. The number of carboxylic acids is 2. The first kappa shape index (κ1) is 15.6. The quantitative estimate of drug-likeness (QED) is 0.474. The second-order valence-corrected chi connectivity index (χ2v) is 0.575. The molecule has 0 aliphatic carbocycles. The van der Waals surface area contributed by atoms with Gasteiger partial charge in [0.25, 0.3) is 0 Å². The van der Waals surface area contributed by atoms with E-state index >= 15 is 0 Å². The fourth-order valence-electron chi connectivity index (χ4n) is 0. The van der Waals surface area contributed by atoms with Crippen molar-refractivity contribution in [2.75, 3.05) is 0 Å². The number of quaternary nitrogens is 1. The third kappa shape index (κ3) is 9.16. The first-order valence-corrected chi connectivity index (χ1v) is 1.07. The number of carbonyl (C=O) groups excluding carboxylic acids is 2. The van der Waals surface area contributed by atoms with Crippen molar-refractivity contribution in [3.05, 3.63) is 0 Å². The zero-order chi connectivity index (χ0) is 5.15. The predicted octanol–water partition coefficient (Wildman–Crippen LogP) is -3.14. The SMILES string of the molecule is O=C([O-])C(=O)[O-].[NH4+].[Ta+2]. The Labute approximate surface area is 60.8 Å². The summed E-state index contributed by atoms with van der Waals surface area (Å²) in [7, 11) is 0. The Kier molecular flexibility index (Phi) is 13.0. The van der Waals surface area contributed by atoms with Gasteiger partial charge in [-0.2, -0.15) is 0 Å². The van der Waals surface area contributed by atoms with Crippen molar-refractivity contribution >= 4 is 11.9 Å². The molecular weight excluding hydrogens is 283 g/mol. The smallest absolute Gasteiger partial charge is 0.543 e. The summed E-state index contributed by atoms with van der Waals surface area (Å²) < 4.78 is 0. The Hall–Kier alpha value is -0.360. The molecule has 0 spiro atoms. The maximum absolute atomic E-state index is 8.93. The van der Waals surface area contributed by atoms with E-state index in [-0.39, 0.29) is 28.5 Å². The molecular formula is C2H4NO4Ta+. The molecule has 0 bridgehead atoms. The molecule has 0 aliphatic rings. The van der Waals surface area contributed by atoms with Gasteiger partial charge in [-0.25, -0.2) is 0 Å². The Balaban J connectivity index is -0.000000125. The third-order valence-electron chi connectivity index (χ3n) is 0.167. The van der Waals surface area contributed by atoms with E-state index in [4.69, 9.17) is 19.8 Å². The fraction of sp³-hybridized carbons (Fsp3) is 0. The van der Waals surface area contributed by atoms with E-state index in [0.717, 1.165) is 0 Å². The number of carbonyl (C=O) groups is 2. The topological polar surface area (TPSA) is 117 Å². The van der Waals surface area contributed by atoms with Gasteiger partial charge in [0.1, 0.15) is 0 Å². The molecule has 0 heterocycles. The maximum atomic E-state index is 8.93. The molecule has 0 rings (SSSR count). The minimum Gasteiger partial charge on any atom is -0.543 e. The molecule has 0 fully saturated rings. The molecule has 8 heavy (non-hydrogen) atoms. The second-order valence-electron chi connectivity index (χ2n) is 0.575. The van der Waals surface area contributed by atoms with Gasteiger partial charge in [0.2, 0.25) is 0 Å². The van der Waals surface area contributed by atoms with Crippen LogP contribution in [0, 0.1) is 0 Å². The van der Waals surface area contributed by atoms with Crippen molar-refractivity contribution in [3.63, 3.8) is 0 Å². The van der Waals surface area contributed by atoms with E-state index in [1.165, 1.54) is 0 Å². The van der Waals surface area contributed by atoms with Gasteiger partial charge in [-0.1, -0.05) is 0 Å². The predicted molar refractivity (Wildman–Crippen MR) is 16.0 cm³/mol. The van der Waals surface area contributed by atoms with Gasteiger partial charge < -0.3 is 26.0 Å². The molecule has 0 aliphatic heterocycles. The molecule has 4 N–H and O–H groups in total. The van der Waals surface area contributed by atoms with Crippen LogP contribution < -0.4 is 16.4 Å². The normalized spacial score (nSPS) is 5.50. The van der Waals surface area contributed by atoms with E-state index in [9.17, 15) is 0 Å². The Bertz CT molecular complexity index is 80.0. The molecule has 6 heteroatoms. The van der Waals surface area contributed by atoms with E-state index in [1.807, 2.05) is 0 Å². The molecule has 5 nitrogen and oxygen atoms in total. The molecule has 0 atom stereocenters. The van der Waals surface area contributed by atoms with Gasteiger partial charge in [0.15, 0.2) is 0 Å². The van der Waals surface area contributed by atoms with Crippen molar-refractivity contribution < 1.29 is 42.2 Å². The van der Waals surface area contributed by atoms with Gasteiger partial charge in [0.05, 0.1) is 11.9 Å². The minimum absolute atomic E-state index is 0. The standard InChI is InChI=1S/C2H2O4.H3N.Ta/c3-1(4)2(5)6;;/h(H,3,4)(H,5,6);1H3;/q;;+2/p-1. The van der Waals surface area contributed by atoms with Crippen LogP contribution in [-0.4, -0.2) is 11.9 Å². The van der Waals surface area contributed by atoms with E-state index in [1.54, 1.807) is 0 Å². The number of aliphatic carboxylic acids is 2. The molecule has 0 saturated heterocycles. The van der Waals surface area contributed by atoms with Crippen LogP contribution in [0.1, 0.15) is 0 Å². The van der Waals surface area contributed by atoms with Gasteiger partial charge in [-0.05, 0) is 0 Å². The van der Waals surface area contributed by atoms with Gasteiger partial charge in [-0.3, -0.25) is 0 Å². The monoisotopic (exact) mass is 287 g/mol. The fourth-order valence-corrected chi connectivity index (χ4v) is 0. The second kappa shape index (κ2) is 6.64. The molecule has 0 saturated carbocycles. The summed E-state index contributed by atoms with van der Waals surface area (Å²) in [4.78, 5) is 17.9. The summed E-state index contributed by atoms with van der Waals surface area (Å²) in [5.41, 5.74) is 0. The van der Waals surface area contributed by atoms with Crippen LogP contribution in [0.3, 0.4) is 0 Å². The van der Waals surface area contributed by atoms with Crippen molar-refractivity contribution in [1.82, 2.24) is 6.15 Å². The average Bonchev–Trinajstić information content (AvgIpc) is 1.36. The summed E-state index contributed by atoms with van der Waals surface area (Å²) in [5, 5.41) is 17.9. The van der Waals surface area contributed by atoms with Crippen LogP contribution in [0.25, 0.3) is 0 Å². The maximum Gasteiger partial charge on any atom is 2.00 e. The zero-order valence-corrected chi connectivity index (χ0v) is 7.29. The largest absolute Gasteiger partial charge is 2.00 e. The van der Waals surface area contributed by atoms with Crippen molar-refractivity contribution in [2.24, 2.45) is 0 Å². The Morgan fingerprint density at radius 3 is 1.12 bits per heavy atom. The van der Waals surface area contributed by atoms with Crippen LogP contribution in [0.5, 0.6) is 0 Å². The number of carboxylic acid groups (broad SMARTS) is 2. The summed E-state index contributed by atoms with van der Waals surface area (Å²) in [6, 6.07) is 0.